The Hall–Kier alpha value is -1.51. The number of thiazole rings is 1. The van der Waals surface area contributed by atoms with E-state index in [-0.39, 0.29) is 10.3 Å². The number of anilines is 1. The van der Waals surface area contributed by atoms with Gasteiger partial charge in [0.2, 0.25) is 10.0 Å². The van der Waals surface area contributed by atoms with Crippen LogP contribution < -0.4 is 10.0 Å². The summed E-state index contributed by atoms with van der Waals surface area (Å²) >= 11 is 1.14. The van der Waals surface area contributed by atoms with Gasteiger partial charge in [-0.15, -0.1) is 0 Å². The van der Waals surface area contributed by atoms with Crippen molar-refractivity contribution in [2.24, 2.45) is 5.14 Å². The fourth-order valence-electron chi connectivity index (χ4n) is 2.81. The van der Waals surface area contributed by atoms with Gasteiger partial charge in [-0.2, -0.15) is 0 Å². The highest BCUT2D eigenvalue weighted by Gasteiger charge is 2.31. The van der Waals surface area contributed by atoms with Crippen molar-refractivity contribution >= 4 is 26.5 Å². The summed E-state index contributed by atoms with van der Waals surface area (Å²) in [6.07, 6.45) is 2.02. The Morgan fingerprint density at radius 1 is 1.32 bits per heavy atom. The zero-order valence-corrected chi connectivity index (χ0v) is 14.1. The van der Waals surface area contributed by atoms with E-state index in [4.69, 9.17) is 5.14 Å². The van der Waals surface area contributed by atoms with Gasteiger partial charge in [-0.3, -0.25) is 4.98 Å². The van der Waals surface area contributed by atoms with Crippen LogP contribution in [0.5, 0.6) is 0 Å². The molecule has 1 aliphatic rings. The van der Waals surface area contributed by atoms with E-state index in [1.54, 1.807) is 6.92 Å². The summed E-state index contributed by atoms with van der Waals surface area (Å²) in [4.78, 5) is 11.1. The van der Waals surface area contributed by atoms with Crippen molar-refractivity contribution in [2.45, 2.75) is 36.9 Å². The third kappa shape index (κ3) is 2.86. The SMILES string of the molecule is Cc1cccc(C2CCCN2c2nc(C)c(S(N)(=O)=O)s2)n1. The summed E-state index contributed by atoms with van der Waals surface area (Å²) in [6, 6.07) is 6.11. The van der Waals surface area contributed by atoms with Crippen LogP contribution in [0.4, 0.5) is 5.13 Å². The first-order chi connectivity index (χ1) is 10.4. The molecule has 0 amide bonds. The molecule has 1 saturated heterocycles. The molecule has 1 fully saturated rings. The molecular weight excluding hydrogens is 320 g/mol. The van der Waals surface area contributed by atoms with E-state index in [1.165, 1.54) is 0 Å². The molecule has 0 bridgehead atoms. The highest BCUT2D eigenvalue weighted by Crippen LogP contribution is 2.39. The van der Waals surface area contributed by atoms with Crippen molar-refractivity contribution in [1.82, 2.24) is 9.97 Å². The number of hydrogen-bond acceptors (Lipinski definition) is 6. The Labute approximate surface area is 134 Å². The van der Waals surface area contributed by atoms with Gasteiger partial charge < -0.3 is 4.90 Å². The average molecular weight is 338 g/mol. The van der Waals surface area contributed by atoms with E-state index in [0.717, 1.165) is 42.1 Å². The van der Waals surface area contributed by atoms with Crippen LogP contribution in [-0.4, -0.2) is 24.9 Å². The number of sulfonamides is 1. The van der Waals surface area contributed by atoms with Crippen molar-refractivity contribution in [3.05, 3.63) is 35.3 Å². The fraction of sp³-hybridized carbons (Fsp3) is 0.429. The summed E-state index contributed by atoms with van der Waals surface area (Å²) < 4.78 is 23.3. The molecule has 2 N–H and O–H groups in total. The number of nitrogens with zero attached hydrogens (tertiary/aromatic N) is 3. The van der Waals surface area contributed by atoms with Crippen molar-refractivity contribution in [2.75, 3.05) is 11.4 Å². The van der Waals surface area contributed by atoms with Crippen molar-refractivity contribution in [3.63, 3.8) is 0 Å². The molecule has 2 aromatic heterocycles. The van der Waals surface area contributed by atoms with Crippen LogP contribution in [0.15, 0.2) is 22.4 Å². The number of pyridine rings is 1. The van der Waals surface area contributed by atoms with Crippen LogP contribution in [0.3, 0.4) is 0 Å². The molecule has 6 nitrogen and oxygen atoms in total. The predicted octanol–water partition coefficient (Wildman–Crippen LogP) is 2.14. The first-order valence-electron chi connectivity index (χ1n) is 7.06. The van der Waals surface area contributed by atoms with Gasteiger partial charge >= 0.3 is 0 Å². The van der Waals surface area contributed by atoms with Gasteiger partial charge in [0.15, 0.2) is 9.34 Å². The second-order valence-corrected chi connectivity index (χ2v) is 8.20. The van der Waals surface area contributed by atoms with Crippen LogP contribution in [0.25, 0.3) is 0 Å². The van der Waals surface area contributed by atoms with Gasteiger partial charge in [0.25, 0.3) is 0 Å². The number of nitrogens with two attached hydrogens (primary N) is 1. The molecule has 22 heavy (non-hydrogen) atoms. The van der Waals surface area contributed by atoms with Gasteiger partial charge in [-0.25, -0.2) is 18.5 Å². The molecule has 1 aliphatic heterocycles. The Kier molecular flexibility index (Phi) is 3.92. The predicted molar refractivity (Wildman–Crippen MR) is 86.5 cm³/mol. The van der Waals surface area contributed by atoms with Gasteiger partial charge in [-0.05, 0) is 38.8 Å². The van der Waals surface area contributed by atoms with Gasteiger partial charge in [-0.1, -0.05) is 17.4 Å². The maximum atomic E-state index is 11.6. The van der Waals surface area contributed by atoms with E-state index in [9.17, 15) is 8.42 Å². The molecule has 1 unspecified atom stereocenters. The third-order valence-corrected chi connectivity index (χ3v) is 6.50. The molecule has 3 heterocycles. The molecule has 3 rings (SSSR count). The smallest absolute Gasteiger partial charge is 0.249 e. The molecular formula is C14H18N4O2S2. The van der Waals surface area contributed by atoms with Gasteiger partial charge in [0.05, 0.1) is 17.4 Å². The number of rotatable bonds is 3. The van der Waals surface area contributed by atoms with E-state index in [1.807, 2.05) is 25.1 Å². The summed E-state index contributed by atoms with van der Waals surface area (Å²) in [5, 5.41) is 5.95. The van der Waals surface area contributed by atoms with Crippen LogP contribution in [0.1, 0.15) is 36.0 Å². The molecule has 118 valence electrons. The van der Waals surface area contributed by atoms with E-state index in [0.29, 0.717) is 10.8 Å². The Bertz CT molecular complexity index is 801. The quantitative estimate of drug-likeness (QED) is 0.926. The van der Waals surface area contributed by atoms with Crippen LogP contribution in [0.2, 0.25) is 0 Å². The monoisotopic (exact) mass is 338 g/mol. The largest absolute Gasteiger partial charge is 0.339 e. The van der Waals surface area contributed by atoms with Crippen molar-refractivity contribution in [1.29, 1.82) is 0 Å². The lowest BCUT2D eigenvalue weighted by Gasteiger charge is -2.23. The highest BCUT2D eigenvalue weighted by atomic mass is 32.2. The lowest BCUT2D eigenvalue weighted by molar-refractivity contribution is 0.599. The molecule has 0 aliphatic carbocycles. The third-order valence-electron chi connectivity index (χ3n) is 3.75. The molecule has 0 saturated carbocycles. The molecule has 0 aromatic carbocycles. The maximum Gasteiger partial charge on any atom is 0.249 e. The topological polar surface area (TPSA) is 89.2 Å². The minimum Gasteiger partial charge on any atom is -0.339 e. The number of aryl methyl sites for hydroxylation is 2. The van der Waals surface area contributed by atoms with Crippen LogP contribution in [-0.2, 0) is 10.0 Å². The molecule has 2 aromatic rings. The first-order valence-corrected chi connectivity index (χ1v) is 9.43. The van der Waals surface area contributed by atoms with E-state index < -0.39 is 10.0 Å². The van der Waals surface area contributed by atoms with E-state index in [2.05, 4.69) is 14.9 Å². The minimum absolute atomic E-state index is 0.138. The molecule has 0 radical (unpaired) electrons. The van der Waals surface area contributed by atoms with Crippen LogP contribution in [0, 0.1) is 13.8 Å². The molecule has 0 spiro atoms. The lowest BCUT2D eigenvalue weighted by atomic mass is 10.1. The Morgan fingerprint density at radius 2 is 2.09 bits per heavy atom. The number of primary sulfonamides is 1. The zero-order chi connectivity index (χ0) is 15.9. The summed E-state index contributed by atoms with van der Waals surface area (Å²) in [7, 11) is -3.72. The van der Waals surface area contributed by atoms with Crippen molar-refractivity contribution in [3.8, 4) is 0 Å². The van der Waals surface area contributed by atoms with E-state index >= 15 is 0 Å². The average Bonchev–Trinajstić information content (AvgIpc) is 3.03. The van der Waals surface area contributed by atoms with Crippen molar-refractivity contribution < 1.29 is 8.42 Å². The molecule has 1 atom stereocenters. The first kappa shape index (κ1) is 15.4. The summed E-state index contributed by atoms with van der Waals surface area (Å²) in [6.45, 7) is 4.49. The normalized spacial score (nSPS) is 18.9. The fourth-order valence-corrected chi connectivity index (χ4v) is 4.83. The van der Waals surface area contributed by atoms with Crippen LogP contribution >= 0.6 is 11.3 Å². The maximum absolute atomic E-state index is 11.6. The summed E-state index contributed by atoms with van der Waals surface area (Å²) in [5.41, 5.74) is 2.44. The highest BCUT2D eigenvalue weighted by molar-refractivity contribution is 7.91. The Balaban J connectivity index is 1.97. The second kappa shape index (κ2) is 5.60. The standard InChI is InChI=1S/C14H18N4O2S2/c1-9-5-3-6-11(16-9)12-7-4-8-18(12)14-17-10(2)13(21-14)22(15,19)20/h3,5-6,12H,4,7-8H2,1-2H3,(H2,15,19,20). The molecule has 8 heteroatoms. The number of hydrogen-bond donors (Lipinski definition) is 1. The number of aromatic nitrogens is 2. The zero-order valence-electron chi connectivity index (χ0n) is 12.5. The Morgan fingerprint density at radius 3 is 2.73 bits per heavy atom. The summed E-state index contributed by atoms with van der Waals surface area (Å²) in [5.74, 6) is 0. The van der Waals surface area contributed by atoms with Gasteiger partial charge in [0.1, 0.15) is 0 Å². The lowest BCUT2D eigenvalue weighted by Crippen LogP contribution is -2.23. The minimum atomic E-state index is -3.72. The second-order valence-electron chi connectivity index (χ2n) is 5.47. The van der Waals surface area contributed by atoms with Gasteiger partial charge in [0, 0.05) is 12.2 Å².